The Bertz CT molecular complexity index is 783. The molecule has 0 spiro atoms. The third kappa shape index (κ3) is 47.3. The fourth-order valence-corrected chi connectivity index (χ4v) is 8.24. The van der Waals surface area contributed by atoms with Gasteiger partial charge in [0.15, 0.2) is 0 Å². The number of esters is 1. The molecule has 0 heterocycles. The molecule has 2 nitrogen and oxygen atoms in total. The highest BCUT2D eigenvalue weighted by atomic mass is 16.5. The Kier molecular flexibility index (Phi) is 49.2. The summed E-state index contributed by atoms with van der Waals surface area (Å²) in [6, 6.07) is 0. The average Bonchev–Trinajstić information content (AvgIpc) is 3.20. The molecular formula is C54H104O2. The molecule has 0 fully saturated rings. The second-order valence-electron chi connectivity index (χ2n) is 18.0. The summed E-state index contributed by atoms with van der Waals surface area (Å²) >= 11 is 0. The maximum atomic E-state index is 12.7. The SMILES string of the molecule is CCCCCCCC/C=C/CCCCCCCCC(CCCCCC/C=C/CCCCCCCC)COC(=O)CCCCCCCCCCCCCCCCC. The van der Waals surface area contributed by atoms with Gasteiger partial charge in [0.25, 0.3) is 0 Å². The van der Waals surface area contributed by atoms with Gasteiger partial charge in [-0.15, -0.1) is 0 Å². The van der Waals surface area contributed by atoms with Crippen molar-refractivity contribution in [2.75, 3.05) is 6.61 Å². The Balaban J connectivity index is 4.12. The molecule has 0 aromatic rings. The molecule has 1 atom stereocenters. The Morgan fingerprint density at radius 1 is 0.339 bits per heavy atom. The van der Waals surface area contributed by atoms with Gasteiger partial charge in [0.2, 0.25) is 0 Å². The fourth-order valence-electron chi connectivity index (χ4n) is 8.24. The van der Waals surface area contributed by atoms with Gasteiger partial charge in [0.1, 0.15) is 0 Å². The zero-order chi connectivity index (χ0) is 40.5. The van der Waals surface area contributed by atoms with Crippen LogP contribution in [0.5, 0.6) is 0 Å². The Morgan fingerprint density at radius 2 is 0.589 bits per heavy atom. The summed E-state index contributed by atoms with van der Waals surface area (Å²) in [4.78, 5) is 12.7. The van der Waals surface area contributed by atoms with Gasteiger partial charge in [-0.1, -0.05) is 251 Å². The van der Waals surface area contributed by atoms with Gasteiger partial charge in [-0.3, -0.25) is 4.79 Å². The van der Waals surface area contributed by atoms with Gasteiger partial charge in [0, 0.05) is 6.42 Å². The van der Waals surface area contributed by atoms with Crippen LogP contribution in [0.1, 0.15) is 303 Å². The van der Waals surface area contributed by atoms with Crippen LogP contribution in [0.4, 0.5) is 0 Å². The van der Waals surface area contributed by atoms with Crippen molar-refractivity contribution in [2.45, 2.75) is 303 Å². The highest BCUT2D eigenvalue weighted by molar-refractivity contribution is 5.69. The van der Waals surface area contributed by atoms with Gasteiger partial charge in [0.05, 0.1) is 6.61 Å². The number of unbranched alkanes of at least 4 members (excludes halogenated alkanes) is 36. The van der Waals surface area contributed by atoms with E-state index in [0.717, 1.165) is 6.42 Å². The molecule has 2 heteroatoms. The number of allylic oxidation sites excluding steroid dienone is 4. The minimum atomic E-state index is 0.0541. The van der Waals surface area contributed by atoms with Crippen molar-refractivity contribution in [3.63, 3.8) is 0 Å². The smallest absolute Gasteiger partial charge is 0.305 e. The Hall–Kier alpha value is -1.05. The molecule has 0 N–H and O–H groups in total. The second kappa shape index (κ2) is 50.1. The van der Waals surface area contributed by atoms with E-state index >= 15 is 0 Å². The van der Waals surface area contributed by atoms with E-state index in [-0.39, 0.29) is 5.97 Å². The van der Waals surface area contributed by atoms with Crippen molar-refractivity contribution >= 4 is 5.97 Å². The lowest BCUT2D eigenvalue weighted by atomic mass is 9.94. The lowest BCUT2D eigenvalue weighted by Crippen LogP contribution is -2.14. The molecule has 0 radical (unpaired) electrons. The van der Waals surface area contributed by atoms with E-state index in [0.29, 0.717) is 18.9 Å². The third-order valence-corrected chi connectivity index (χ3v) is 12.2. The summed E-state index contributed by atoms with van der Waals surface area (Å²) in [5.74, 6) is 0.604. The van der Waals surface area contributed by atoms with E-state index in [1.165, 1.54) is 270 Å². The topological polar surface area (TPSA) is 26.3 Å². The van der Waals surface area contributed by atoms with Crippen molar-refractivity contribution in [1.82, 2.24) is 0 Å². The van der Waals surface area contributed by atoms with Crippen LogP contribution in [-0.4, -0.2) is 12.6 Å². The van der Waals surface area contributed by atoms with E-state index in [2.05, 4.69) is 45.1 Å². The first-order valence-electron chi connectivity index (χ1n) is 26.2. The number of hydrogen-bond donors (Lipinski definition) is 0. The van der Waals surface area contributed by atoms with Crippen molar-refractivity contribution in [3.05, 3.63) is 24.3 Å². The Morgan fingerprint density at radius 3 is 0.893 bits per heavy atom. The molecule has 0 aromatic heterocycles. The van der Waals surface area contributed by atoms with Crippen molar-refractivity contribution in [3.8, 4) is 0 Å². The molecule has 0 saturated carbocycles. The molecule has 0 aliphatic carbocycles. The number of rotatable bonds is 48. The number of ether oxygens (including phenoxy) is 1. The molecule has 0 aliphatic heterocycles. The van der Waals surface area contributed by atoms with E-state index < -0.39 is 0 Å². The van der Waals surface area contributed by atoms with Crippen LogP contribution < -0.4 is 0 Å². The predicted octanol–water partition coefficient (Wildman–Crippen LogP) is 19.5. The summed E-state index contributed by atoms with van der Waals surface area (Å²) in [5, 5.41) is 0. The summed E-state index contributed by atoms with van der Waals surface area (Å²) < 4.78 is 5.92. The molecule has 0 bridgehead atoms. The number of hydrogen-bond acceptors (Lipinski definition) is 2. The first-order chi connectivity index (χ1) is 27.7. The van der Waals surface area contributed by atoms with E-state index in [9.17, 15) is 4.79 Å². The maximum Gasteiger partial charge on any atom is 0.305 e. The van der Waals surface area contributed by atoms with Crippen LogP contribution in [0.25, 0.3) is 0 Å². The van der Waals surface area contributed by atoms with Gasteiger partial charge >= 0.3 is 5.97 Å². The molecule has 1 unspecified atom stereocenters. The lowest BCUT2D eigenvalue weighted by Gasteiger charge is -2.17. The summed E-state index contributed by atoms with van der Waals surface area (Å²) in [6.07, 6.45) is 68.3. The normalized spacial score (nSPS) is 12.4. The molecule has 0 saturated heterocycles. The van der Waals surface area contributed by atoms with Crippen LogP contribution >= 0.6 is 0 Å². The maximum absolute atomic E-state index is 12.7. The van der Waals surface area contributed by atoms with Gasteiger partial charge in [-0.2, -0.15) is 0 Å². The van der Waals surface area contributed by atoms with Crippen molar-refractivity contribution < 1.29 is 9.53 Å². The van der Waals surface area contributed by atoms with Crippen LogP contribution in [0.15, 0.2) is 24.3 Å². The van der Waals surface area contributed by atoms with Crippen LogP contribution in [0, 0.1) is 5.92 Å². The first kappa shape index (κ1) is 55.0. The molecule has 0 aliphatic rings. The van der Waals surface area contributed by atoms with Gasteiger partial charge in [-0.25, -0.2) is 0 Å². The largest absolute Gasteiger partial charge is 0.465 e. The van der Waals surface area contributed by atoms with E-state index in [1.807, 2.05) is 0 Å². The number of carbonyl (C=O) groups excluding carboxylic acids is 1. The van der Waals surface area contributed by atoms with Crippen molar-refractivity contribution in [2.24, 2.45) is 5.92 Å². The minimum absolute atomic E-state index is 0.0541. The highest BCUT2D eigenvalue weighted by Crippen LogP contribution is 2.21. The molecule has 56 heavy (non-hydrogen) atoms. The lowest BCUT2D eigenvalue weighted by molar-refractivity contribution is -0.145. The third-order valence-electron chi connectivity index (χ3n) is 12.2. The molecule has 0 rings (SSSR count). The van der Waals surface area contributed by atoms with E-state index in [1.54, 1.807) is 0 Å². The quantitative estimate of drug-likeness (QED) is 0.0349. The van der Waals surface area contributed by atoms with Crippen LogP contribution in [0.3, 0.4) is 0 Å². The van der Waals surface area contributed by atoms with Crippen LogP contribution in [0.2, 0.25) is 0 Å². The zero-order valence-corrected chi connectivity index (χ0v) is 39.0. The Labute approximate surface area is 354 Å². The van der Waals surface area contributed by atoms with Crippen molar-refractivity contribution in [1.29, 1.82) is 0 Å². The van der Waals surface area contributed by atoms with Gasteiger partial charge in [-0.05, 0) is 76.5 Å². The molecule has 0 amide bonds. The molecule has 0 aromatic carbocycles. The number of carbonyl (C=O) groups is 1. The molecular weight excluding hydrogens is 681 g/mol. The second-order valence-corrected chi connectivity index (χ2v) is 18.0. The van der Waals surface area contributed by atoms with E-state index in [4.69, 9.17) is 4.74 Å². The fraction of sp³-hybridized carbons (Fsp3) is 0.907. The highest BCUT2D eigenvalue weighted by Gasteiger charge is 2.12. The first-order valence-corrected chi connectivity index (χ1v) is 26.2. The average molecular weight is 785 g/mol. The van der Waals surface area contributed by atoms with Gasteiger partial charge < -0.3 is 4.74 Å². The van der Waals surface area contributed by atoms with Crippen LogP contribution in [-0.2, 0) is 9.53 Å². The monoisotopic (exact) mass is 785 g/mol. The zero-order valence-electron chi connectivity index (χ0n) is 39.0. The minimum Gasteiger partial charge on any atom is -0.465 e. The summed E-state index contributed by atoms with van der Waals surface area (Å²) in [5.41, 5.74) is 0. The predicted molar refractivity (Wildman–Crippen MR) is 253 cm³/mol. The standard InChI is InChI=1S/C54H104O2/c1-4-7-10-13-16-19-22-25-28-30-32-35-38-41-44-47-50-53(49-46-43-40-37-34-31-27-24-21-18-15-12-9-6-3)52-56-54(55)51-48-45-42-39-36-33-29-26-23-20-17-14-11-8-5-2/h25,27-28,31,53H,4-24,26,29-30,32-52H2,1-3H3/b28-25+,31-27+. The summed E-state index contributed by atoms with van der Waals surface area (Å²) in [7, 11) is 0. The molecule has 332 valence electrons. The summed E-state index contributed by atoms with van der Waals surface area (Å²) in [6.45, 7) is 7.54.